The number of rotatable bonds is 7. The van der Waals surface area contributed by atoms with Crippen LogP contribution in [0.2, 0.25) is 0 Å². The van der Waals surface area contributed by atoms with Gasteiger partial charge in [0.1, 0.15) is 0 Å². The maximum absolute atomic E-state index is 9.18. The second-order valence-electron chi connectivity index (χ2n) is 3.87. The van der Waals surface area contributed by atoms with Crippen LogP contribution in [0.1, 0.15) is 12.5 Å². The van der Waals surface area contributed by atoms with Crippen molar-refractivity contribution in [3.05, 3.63) is 23.8 Å². The van der Waals surface area contributed by atoms with Crippen LogP contribution in [0.15, 0.2) is 18.2 Å². The molecule has 1 rings (SSSR count). The highest BCUT2D eigenvalue weighted by molar-refractivity contribution is 5.46. The van der Waals surface area contributed by atoms with Crippen LogP contribution in [-0.2, 0) is 6.42 Å². The van der Waals surface area contributed by atoms with Gasteiger partial charge in [-0.05, 0) is 37.4 Å². The molecule has 96 valence electrons. The number of aliphatic hydroxyl groups is 1. The molecule has 0 aliphatic heterocycles. The molecule has 0 spiro atoms. The van der Waals surface area contributed by atoms with E-state index in [0.717, 1.165) is 17.1 Å². The molecule has 4 nitrogen and oxygen atoms in total. The van der Waals surface area contributed by atoms with Gasteiger partial charge in [0, 0.05) is 6.61 Å². The minimum atomic E-state index is 0.0568. The SMILES string of the molecule is CCOc1c(CC(CN)CO)cccc1OC. The van der Waals surface area contributed by atoms with Gasteiger partial charge in [0.15, 0.2) is 11.5 Å². The summed E-state index contributed by atoms with van der Waals surface area (Å²) in [5.74, 6) is 1.53. The molecule has 0 saturated carbocycles. The lowest BCUT2D eigenvalue weighted by Crippen LogP contribution is -2.20. The molecule has 0 radical (unpaired) electrons. The van der Waals surface area contributed by atoms with Crippen LogP contribution >= 0.6 is 0 Å². The van der Waals surface area contributed by atoms with Gasteiger partial charge in [0.25, 0.3) is 0 Å². The normalized spacial score (nSPS) is 12.2. The van der Waals surface area contributed by atoms with Gasteiger partial charge in [-0.15, -0.1) is 0 Å². The number of benzene rings is 1. The number of hydrogen-bond acceptors (Lipinski definition) is 4. The van der Waals surface area contributed by atoms with Crippen molar-refractivity contribution in [3.8, 4) is 11.5 Å². The number of ether oxygens (including phenoxy) is 2. The monoisotopic (exact) mass is 239 g/mol. The molecule has 3 N–H and O–H groups in total. The molecule has 0 bridgehead atoms. The number of hydrogen-bond donors (Lipinski definition) is 2. The van der Waals surface area contributed by atoms with Gasteiger partial charge in [-0.25, -0.2) is 0 Å². The van der Waals surface area contributed by atoms with Crippen molar-refractivity contribution in [2.24, 2.45) is 11.7 Å². The predicted octanol–water partition coefficient (Wildman–Crippen LogP) is 1.20. The van der Waals surface area contributed by atoms with Crippen molar-refractivity contribution in [2.75, 3.05) is 26.9 Å². The van der Waals surface area contributed by atoms with Gasteiger partial charge in [0.05, 0.1) is 13.7 Å². The van der Waals surface area contributed by atoms with Crippen molar-refractivity contribution in [1.82, 2.24) is 0 Å². The van der Waals surface area contributed by atoms with Crippen LogP contribution in [0.4, 0.5) is 0 Å². The van der Waals surface area contributed by atoms with Crippen molar-refractivity contribution in [3.63, 3.8) is 0 Å². The molecule has 4 heteroatoms. The number of nitrogens with two attached hydrogens (primary N) is 1. The van der Waals surface area contributed by atoms with Gasteiger partial charge < -0.3 is 20.3 Å². The number of para-hydroxylation sites is 1. The predicted molar refractivity (Wildman–Crippen MR) is 67.5 cm³/mol. The minimum absolute atomic E-state index is 0.0568. The van der Waals surface area contributed by atoms with E-state index in [1.807, 2.05) is 25.1 Å². The average molecular weight is 239 g/mol. The van der Waals surface area contributed by atoms with Crippen LogP contribution in [0.25, 0.3) is 0 Å². The van der Waals surface area contributed by atoms with E-state index in [9.17, 15) is 5.11 Å². The smallest absolute Gasteiger partial charge is 0.164 e. The van der Waals surface area contributed by atoms with E-state index < -0.39 is 0 Å². The zero-order chi connectivity index (χ0) is 12.7. The van der Waals surface area contributed by atoms with E-state index in [1.54, 1.807) is 7.11 Å². The van der Waals surface area contributed by atoms with Crippen molar-refractivity contribution in [2.45, 2.75) is 13.3 Å². The van der Waals surface area contributed by atoms with Crippen LogP contribution in [0.5, 0.6) is 11.5 Å². The van der Waals surface area contributed by atoms with Gasteiger partial charge in [-0.1, -0.05) is 12.1 Å². The summed E-state index contributed by atoms with van der Waals surface area (Å²) in [5, 5.41) is 9.18. The third kappa shape index (κ3) is 3.61. The van der Waals surface area contributed by atoms with Crippen molar-refractivity contribution >= 4 is 0 Å². The molecule has 0 aliphatic carbocycles. The van der Waals surface area contributed by atoms with Gasteiger partial charge in [-0.3, -0.25) is 0 Å². The van der Waals surface area contributed by atoms with Crippen LogP contribution in [0.3, 0.4) is 0 Å². The van der Waals surface area contributed by atoms with Crippen LogP contribution < -0.4 is 15.2 Å². The lowest BCUT2D eigenvalue weighted by molar-refractivity contribution is 0.227. The first-order valence-corrected chi connectivity index (χ1v) is 5.86. The zero-order valence-corrected chi connectivity index (χ0v) is 10.5. The van der Waals surface area contributed by atoms with E-state index in [4.69, 9.17) is 15.2 Å². The summed E-state index contributed by atoms with van der Waals surface area (Å²) in [4.78, 5) is 0. The Bertz CT molecular complexity index is 337. The molecular weight excluding hydrogens is 218 g/mol. The molecule has 0 fully saturated rings. The van der Waals surface area contributed by atoms with Gasteiger partial charge >= 0.3 is 0 Å². The van der Waals surface area contributed by atoms with Crippen LogP contribution in [0, 0.1) is 5.92 Å². The summed E-state index contributed by atoms with van der Waals surface area (Å²) in [6.45, 7) is 3.06. The summed E-state index contributed by atoms with van der Waals surface area (Å²) in [6.07, 6.45) is 0.694. The topological polar surface area (TPSA) is 64.7 Å². The highest BCUT2D eigenvalue weighted by Crippen LogP contribution is 2.32. The quantitative estimate of drug-likeness (QED) is 0.750. The standard InChI is InChI=1S/C13H21NO3/c1-3-17-13-11(7-10(8-14)9-15)5-4-6-12(13)16-2/h4-6,10,15H,3,7-9,14H2,1-2H3. The highest BCUT2D eigenvalue weighted by atomic mass is 16.5. The maximum Gasteiger partial charge on any atom is 0.164 e. The largest absolute Gasteiger partial charge is 0.493 e. The Labute approximate surface area is 102 Å². The van der Waals surface area contributed by atoms with E-state index in [-0.39, 0.29) is 12.5 Å². The summed E-state index contributed by atoms with van der Waals surface area (Å²) >= 11 is 0. The lowest BCUT2D eigenvalue weighted by Gasteiger charge is -2.17. The van der Waals surface area contributed by atoms with Crippen molar-refractivity contribution < 1.29 is 14.6 Å². The van der Waals surface area contributed by atoms with Crippen molar-refractivity contribution in [1.29, 1.82) is 0 Å². The second-order valence-corrected chi connectivity index (χ2v) is 3.87. The van der Waals surface area contributed by atoms with E-state index in [2.05, 4.69) is 0 Å². The van der Waals surface area contributed by atoms with E-state index in [0.29, 0.717) is 19.6 Å². The Morgan fingerprint density at radius 1 is 1.41 bits per heavy atom. The molecule has 0 saturated heterocycles. The Morgan fingerprint density at radius 2 is 2.18 bits per heavy atom. The summed E-state index contributed by atoms with van der Waals surface area (Å²) in [5.41, 5.74) is 6.62. The molecular formula is C13H21NO3. The Hall–Kier alpha value is -1.26. The first-order chi connectivity index (χ1) is 8.26. The summed E-state index contributed by atoms with van der Waals surface area (Å²) < 4.78 is 10.9. The molecule has 0 aliphatic rings. The Kier molecular flexibility index (Phi) is 5.80. The molecule has 1 atom stereocenters. The molecule has 17 heavy (non-hydrogen) atoms. The third-order valence-corrected chi connectivity index (χ3v) is 2.67. The Morgan fingerprint density at radius 3 is 2.71 bits per heavy atom. The molecule has 0 heterocycles. The average Bonchev–Trinajstić information content (AvgIpc) is 2.37. The fourth-order valence-corrected chi connectivity index (χ4v) is 1.72. The van der Waals surface area contributed by atoms with Gasteiger partial charge in [-0.2, -0.15) is 0 Å². The highest BCUT2D eigenvalue weighted by Gasteiger charge is 2.14. The molecule has 1 aromatic carbocycles. The van der Waals surface area contributed by atoms with Gasteiger partial charge in [0.2, 0.25) is 0 Å². The first-order valence-electron chi connectivity index (χ1n) is 5.86. The first kappa shape index (κ1) is 13.8. The molecule has 1 aromatic rings. The number of methoxy groups -OCH3 is 1. The summed E-state index contributed by atoms with van der Waals surface area (Å²) in [7, 11) is 1.62. The summed E-state index contributed by atoms with van der Waals surface area (Å²) in [6, 6.07) is 5.76. The molecule has 0 aromatic heterocycles. The van der Waals surface area contributed by atoms with Crippen LogP contribution in [-0.4, -0.2) is 32.0 Å². The Balaban J connectivity index is 2.96. The third-order valence-electron chi connectivity index (χ3n) is 2.67. The van der Waals surface area contributed by atoms with E-state index >= 15 is 0 Å². The number of aliphatic hydroxyl groups excluding tert-OH is 1. The fourth-order valence-electron chi connectivity index (χ4n) is 1.72. The minimum Gasteiger partial charge on any atom is -0.493 e. The van der Waals surface area contributed by atoms with E-state index in [1.165, 1.54) is 0 Å². The fraction of sp³-hybridized carbons (Fsp3) is 0.538. The maximum atomic E-state index is 9.18. The lowest BCUT2D eigenvalue weighted by atomic mass is 9.99. The second kappa shape index (κ2) is 7.14. The molecule has 0 amide bonds. The molecule has 1 unspecified atom stereocenters. The zero-order valence-electron chi connectivity index (χ0n) is 10.5.